The summed E-state index contributed by atoms with van der Waals surface area (Å²) in [5.74, 6) is 1.92. The lowest BCUT2D eigenvalue weighted by atomic mass is 10.1. The van der Waals surface area contributed by atoms with Crippen LogP contribution in [0.4, 0.5) is 11.6 Å². The number of ether oxygens (including phenoxy) is 1. The highest BCUT2D eigenvalue weighted by Gasteiger charge is 2.22. The van der Waals surface area contributed by atoms with Crippen LogP contribution in [0, 0.1) is 6.92 Å². The summed E-state index contributed by atoms with van der Waals surface area (Å²) in [5.41, 5.74) is 8.88. The van der Waals surface area contributed by atoms with Gasteiger partial charge in [-0.15, -0.1) is 0 Å². The molecule has 3 aromatic rings. The molecule has 0 amide bonds. The summed E-state index contributed by atoms with van der Waals surface area (Å²) >= 11 is 1.75. The maximum atomic E-state index is 6.07. The van der Waals surface area contributed by atoms with Crippen molar-refractivity contribution in [3.05, 3.63) is 30.1 Å². The van der Waals surface area contributed by atoms with Gasteiger partial charge in [-0.25, -0.2) is 15.0 Å². The number of fused-ring (bicyclic) bond motifs is 1. The lowest BCUT2D eigenvalue weighted by molar-refractivity contribution is 0.0985. The molecular formula is C19H26N6OS. The van der Waals surface area contributed by atoms with Gasteiger partial charge in [0.2, 0.25) is 0 Å². The molecule has 1 aliphatic rings. The number of pyridine rings is 1. The zero-order chi connectivity index (χ0) is 19.4. The Bertz CT molecular complexity index is 912. The van der Waals surface area contributed by atoms with E-state index < -0.39 is 0 Å². The molecule has 1 unspecified atom stereocenters. The smallest absolute Gasteiger partial charge is 0.164 e. The van der Waals surface area contributed by atoms with Crippen LogP contribution in [0.25, 0.3) is 22.4 Å². The predicted molar refractivity (Wildman–Crippen MR) is 113 cm³/mol. The molecule has 4 rings (SSSR count). The first-order valence-corrected chi connectivity index (χ1v) is 10.5. The Morgan fingerprint density at radius 3 is 2.81 bits per heavy atom. The van der Waals surface area contributed by atoms with Gasteiger partial charge in [0.05, 0.1) is 19.3 Å². The average molecular weight is 387 g/mol. The summed E-state index contributed by atoms with van der Waals surface area (Å²) in [4.78, 5) is 19.0. The van der Waals surface area contributed by atoms with Crippen molar-refractivity contribution in [3.8, 4) is 11.4 Å². The van der Waals surface area contributed by atoms with Gasteiger partial charge in [0.1, 0.15) is 17.3 Å². The van der Waals surface area contributed by atoms with E-state index in [9.17, 15) is 0 Å². The van der Waals surface area contributed by atoms with Gasteiger partial charge < -0.3 is 20.4 Å². The minimum atomic E-state index is 0.257. The molecule has 3 N–H and O–H groups in total. The number of aromatic amines is 1. The van der Waals surface area contributed by atoms with Gasteiger partial charge in [0.15, 0.2) is 5.82 Å². The van der Waals surface area contributed by atoms with E-state index in [0.29, 0.717) is 24.9 Å². The molecule has 7 nitrogen and oxygen atoms in total. The number of aromatic nitrogens is 4. The molecule has 0 aromatic carbocycles. The van der Waals surface area contributed by atoms with E-state index in [2.05, 4.69) is 32.8 Å². The van der Waals surface area contributed by atoms with Crippen molar-refractivity contribution >= 4 is 34.4 Å². The molecule has 1 aliphatic heterocycles. The number of aryl methyl sites for hydroxylation is 1. The molecule has 144 valence electrons. The van der Waals surface area contributed by atoms with Crippen LogP contribution in [-0.2, 0) is 4.74 Å². The monoisotopic (exact) mass is 386 g/mol. The molecule has 0 aliphatic carbocycles. The first kappa shape index (κ1) is 19.4. The third kappa shape index (κ3) is 4.33. The van der Waals surface area contributed by atoms with Crippen LogP contribution >= 0.6 is 11.8 Å². The highest BCUT2D eigenvalue weighted by atomic mass is 32.2. The van der Waals surface area contributed by atoms with Crippen molar-refractivity contribution in [1.29, 1.82) is 0 Å². The van der Waals surface area contributed by atoms with E-state index >= 15 is 0 Å². The highest BCUT2D eigenvalue weighted by molar-refractivity contribution is 7.97. The van der Waals surface area contributed by atoms with Gasteiger partial charge in [-0.3, -0.25) is 0 Å². The number of nitrogen functional groups attached to an aromatic ring is 1. The standard InChI is InChI=1S/C17H20N6O.C2H6S/c1-10-7-13-12(3-4-19-16(13)20-10)17-21-14(18)8-15(22-17)23-5-6-24-9-11(23)2;1-3-2/h3-4,7-8,11H,5-6,9H2,1-2H3,(H,19,20)(H2,18,21,22);1-2H3. The SMILES string of the molecule is CSC.Cc1cc2c(-c3nc(N)cc(N4CCOCC4C)n3)ccnc2[nH]1. The summed E-state index contributed by atoms with van der Waals surface area (Å²) in [5, 5.41) is 1.00. The molecule has 0 spiro atoms. The van der Waals surface area contributed by atoms with Crippen LogP contribution < -0.4 is 10.6 Å². The van der Waals surface area contributed by atoms with Gasteiger partial charge in [0, 0.05) is 35.5 Å². The quantitative estimate of drug-likeness (QED) is 0.699. The lowest BCUT2D eigenvalue weighted by Gasteiger charge is -2.34. The molecule has 1 atom stereocenters. The average Bonchev–Trinajstić information content (AvgIpc) is 3.02. The molecule has 0 saturated carbocycles. The molecule has 0 radical (unpaired) electrons. The predicted octanol–water partition coefficient (Wildman–Crippen LogP) is 3.11. The van der Waals surface area contributed by atoms with Crippen LogP contribution in [-0.4, -0.2) is 58.2 Å². The number of rotatable bonds is 2. The summed E-state index contributed by atoms with van der Waals surface area (Å²) in [7, 11) is 0. The molecule has 8 heteroatoms. The first-order chi connectivity index (χ1) is 13.0. The zero-order valence-electron chi connectivity index (χ0n) is 16.2. The second-order valence-electron chi connectivity index (χ2n) is 6.57. The maximum Gasteiger partial charge on any atom is 0.164 e. The number of nitrogens with zero attached hydrogens (tertiary/aromatic N) is 4. The fourth-order valence-corrected chi connectivity index (χ4v) is 3.14. The third-order valence-corrected chi connectivity index (χ3v) is 4.30. The van der Waals surface area contributed by atoms with Crippen LogP contribution in [0.2, 0.25) is 0 Å². The summed E-state index contributed by atoms with van der Waals surface area (Å²) in [6.45, 7) is 6.31. The van der Waals surface area contributed by atoms with E-state index in [4.69, 9.17) is 15.5 Å². The second kappa shape index (κ2) is 8.58. The van der Waals surface area contributed by atoms with Crippen LogP contribution in [0.1, 0.15) is 12.6 Å². The fraction of sp³-hybridized carbons (Fsp3) is 0.421. The number of nitrogens with two attached hydrogens (primary N) is 1. The van der Waals surface area contributed by atoms with Crippen LogP contribution in [0.5, 0.6) is 0 Å². The third-order valence-electron chi connectivity index (χ3n) is 4.30. The van der Waals surface area contributed by atoms with Crippen molar-refractivity contribution in [2.45, 2.75) is 19.9 Å². The molecule has 4 heterocycles. The molecule has 1 saturated heterocycles. The van der Waals surface area contributed by atoms with E-state index in [1.54, 1.807) is 18.0 Å². The minimum absolute atomic E-state index is 0.257. The van der Waals surface area contributed by atoms with E-state index in [1.807, 2.05) is 31.6 Å². The molecule has 0 bridgehead atoms. The molecular weight excluding hydrogens is 360 g/mol. The number of hydrogen-bond acceptors (Lipinski definition) is 7. The number of hydrogen-bond donors (Lipinski definition) is 2. The van der Waals surface area contributed by atoms with Gasteiger partial charge >= 0.3 is 0 Å². The van der Waals surface area contributed by atoms with Gasteiger partial charge in [-0.1, -0.05) is 0 Å². The lowest BCUT2D eigenvalue weighted by Crippen LogP contribution is -2.44. The normalized spacial score (nSPS) is 16.9. The van der Waals surface area contributed by atoms with Crippen molar-refractivity contribution in [3.63, 3.8) is 0 Å². The fourth-order valence-electron chi connectivity index (χ4n) is 3.14. The number of morpholine rings is 1. The Morgan fingerprint density at radius 1 is 1.30 bits per heavy atom. The topological polar surface area (TPSA) is 92.9 Å². The summed E-state index contributed by atoms with van der Waals surface area (Å²) < 4.78 is 5.51. The second-order valence-corrected chi connectivity index (χ2v) is 7.39. The van der Waals surface area contributed by atoms with Gasteiger partial charge in [-0.2, -0.15) is 11.8 Å². The molecule has 3 aromatic heterocycles. The van der Waals surface area contributed by atoms with E-state index in [1.165, 1.54) is 0 Å². The van der Waals surface area contributed by atoms with Crippen LogP contribution in [0.15, 0.2) is 24.4 Å². The Hall–Kier alpha value is -2.32. The van der Waals surface area contributed by atoms with Gasteiger partial charge in [0.25, 0.3) is 0 Å². The zero-order valence-corrected chi connectivity index (χ0v) is 17.0. The Labute approximate surface area is 163 Å². The first-order valence-electron chi connectivity index (χ1n) is 8.87. The number of nitrogens with one attached hydrogen (secondary N) is 1. The number of thioether (sulfide) groups is 1. The van der Waals surface area contributed by atoms with Crippen LogP contribution in [0.3, 0.4) is 0 Å². The maximum absolute atomic E-state index is 6.07. The Balaban J connectivity index is 0.000000659. The van der Waals surface area contributed by atoms with Crippen molar-refractivity contribution < 1.29 is 4.74 Å². The summed E-state index contributed by atoms with van der Waals surface area (Å²) in [6.07, 6.45) is 5.84. The molecule has 27 heavy (non-hydrogen) atoms. The summed E-state index contributed by atoms with van der Waals surface area (Å²) in [6, 6.07) is 6.07. The van der Waals surface area contributed by atoms with Gasteiger partial charge in [-0.05, 0) is 38.5 Å². The van der Waals surface area contributed by atoms with Crippen molar-refractivity contribution in [2.75, 3.05) is 42.9 Å². The largest absolute Gasteiger partial charge is 0.384 e. The highest BCUT2D eigenvalue weighted by Crippen LogP contribution is 2.28. The number of anilines is 2. The van der Waals surface area contributed by atoms with Crippen molar-refractivity contribution in [1.82, 2.24) is 19.9 Å². The Kier molecular flexibility index (Phi) is 6.18. The van der Waals surface area contributed by atoms with E-state index in [0.717, 1.165) is 34.7 Å². The molecule has 1 fully saturated rings. The minimum Gasteiger partial charge on any atom is -0.384 e. The van der Waals surface area contributed by atoms with E-state index in [-0.39, 0.29) is 6.04 Å². The Morgan fingerprint density at radius 2 is 2.07 bits per heavy atom. The number of H-pyrrole nitrogens is 1. The van der Waals surface area contributed by atoms with Crippen molar-refractivity contribution in [2.24, 2.45) is 0 Å².